The van der Waals surface area contributed by atoms with Gasteiger partial charge in [0.05, 0.1) is 17.9 Å². The summed E-state index contributed by atoms with van der Waals surface area (Å²) in [5, 5.41) is 11.8. The van der Waals surface area contributed by atoms with Gasteiger partial charge < -0.3 is 15.3 Å². The summed E-state index contributed by atoms with van der Waals surface area (Å²) in [7, 11) is 0. The Hall–Kier alpha value is -2.30. The molecule has 100 valence electrons. The molecule has 1 heterocycles. The largest absolute Gasteiger partial charge is 0.478 e. The number of aliphatic carboxylic acids is 1. The van der Waals surface area contributed by atoms with Crippen LogP contribution in [0.15, 0.2) is 35.9 Å². The minimum atomic E-state index is -0.905. The summed E-state index contributed by atoms with van der Waals surface area (Å²) in [6.45, 7) is 2.46. The number of carboxylic acid groups (broad SMARTS) is 1. The number of benzene rings is 1. The first-order valence-electron chi connectivity index (χ1n) is 6.18. The number of anilines is 2. The number of nitrogens with zero attached hydrogens (tertiary/aromatic N) is 1. The molecule has 0 saturated carbocycles. The van der Waals surface area contributed by atoms with Crippen molar-refractivity contribution in [2.24, 2.45) is 0 Å². The number of hydrogen-bond acceptors (Lipinski definition) is 3. The van der Waals surface area contributed by atoms with Gasteiger partial charge in [-0.15, -0.1) is 0 Å². The van der Waals surface area contributed by atoms with E-state index < -0.39 is 5.97 Å². The fraction of sp³-hybridized carbons (Fsp3) is 0.286. The second-order valence-electron chi connectivity index (χ2n) is 4.33. The third kappa shape index (κ3) is 2.93. The van der Waals surface area contributed by atoms with Crippen LogP contribution in [0, 0.1) is 0 Å². The highest BCUT2D eigenvalue weighted by Crippen LogP contribution is 2.28. The fourth-order valence-corrected chi connectivity index (χ4v) is 2.07. The second kappa shape index (κ2) is 5.56. The molecule has 0 radical (unpaired) electrons. The Labute approximate surface area is 111 Å². The normalized spacial score (nSPS) is 14.9. The van der Waals surface area contributed by atoms with Crippen molar-refractivity contribution < 1.29 is 14.7 Å². The van der Waals surface area contributed by atoms with E-state index >= 15 is 0 Å². The molecule has 1 amide bonds. The lowest BCUT2D eigenvalue weighted by atomic mass is 10.1. The summed E-state index contributed by atoms with van der Waals surface area (Å²) in [4.78, 5) is 24.4. The number of amides is 1. The summed E-state index contributed by atoms with van der Waals surface area (Å²) < 4.78 is 0. The van der Waals surface area contributed by atoms with Gasteiger partial charge in [-0.25, -0.2) is 4.79 Å². The SMILES string of the molecule is CCC(=CCN1CC(=O)Nc2ccccc21)C(=O)O. The van der Waals surface area contributed by atoms with E-state index in [9.17, 15) is 9.59 Å². The number of nitrogens with one attached hydrogen (secondary N) is 1. The Morgan fingerprint density at radius 1 is 1.47 bits per heavy atom. The zero-order valence-corrected chi connectivity index (χ0v) is 10.7. The van der Waals surface area contributed by atoms with E-state index in [0.29, 0.717) is 18.5 Å². The van der Waals surface area contributed by atoms with Gasteiger partial charge in [0.15, 0.2) is 0 Å². The molecule has 1 aromatic rings. The molecule has 1 aliphatic rings. The highest BCUT2D eigenvalue weighted by Gasteiger charge is 2.20. The number of carbonyl (C=O) groups excluding carboxylic acids is 1. The average molecular weight is 260 g/mol. The lowest BCUT2D eigenvalue weighted by molar-refractivity contribution is -0.132. The molecule has 5 heteroatoms. The van der Waals surface area contributed by atoms with E-state index in [4.69, 9.17) is 5.11 Å². The molecular formula is C14H16N2O3. The van der Waals surface area contributed by atoms with Crippen molar-refractivity contribution in [3.05, 3.63) is 35.9 Å². The van der Waals surface area contributed by atoms with Gasteiger partial charge in [-0.3, -0.25) is 4.79 Å². The minimum Gasteiger partial charge on any atom is -0.478 e. The van der Waals surface area contributed by atoms with Crippen LogP contribution in [0.2, 0.25) is 0 Å². The highest BCUT2D eigenvalue weighted by atomic mass is 16.4. The molecule has 2 N–H and O–H groups in total. The van der Waals surface area contributed by atoms with Crippen molar-refractivity contribution >= 4 is 23.3 Å². The molecule has 1 aromatic carbocycles. The molecule has 0 unspecified atom stereocenters. The third-order valence-corrected chi connectivity index (χ3v) is 3.07. The van der Waals surface area contributed by atoms with Gasteiger partial charge in [-0.2, -0.15) is 0 Å². The molecular weight excluding hydrogens is 244 g/mol. The fourth-order valence-electron chi connectivity index (χ4n) is 2.07. The van der Waals surface area contributed by atoms with Crippen LogP contribution in [0.25, 0.3) is 0 Å². The molecule has 2 rings (SSSR count). The summed E-state index contributed by atoms with van der Waals surface area (Å²) in [6.07, 6.45) is 2.13. The van der Waals surface area contributed by atoms with Crippen molar-refractivity contribution in [3.8, 4) is 0 Å². The maximum atomic E-state index is 11.6. The number of para-hydroxylation sites is 2. The molecule has 0 bridgehead atoms. The molecule has 0 aromatic heterocycles. The quantitative estimate of drug-likeness (QED) is 0.811. The van der Waals surface area contributed by atoms with Crippen LogP contribution in [-0.4, -0.2) is 30.1 Å². The molecule has 5 nitrogen and oxygen atoms in total. The van der Waals surface area contributed by atoms with Crippen LogP contribution in [0.5, 0.6) is 0 Å². The van der Waals surface area contributed by atoms with Gasteiger partial charge in [0.1, 0.15) is 0 Å². The number of carbonyl (C=O) groups is 2. The number of hydrogen-bond donors (Lipinski definition) is 2. The molecule has 19 heavy (non-hydrogen) atoms. The number of rotatable bonds is 4. The molecule has 0 aliphatic carbocycles. The third-order valence-electron chi connectivity index (χ3n) is 3.07. The molecule has 1 aliphatic heterocycles. The van der Waals surface area contributed by atoms with Gasteiger partial charge in [0.25, 0.3) is 0 Å². The van der Waals surface area contributed by atoms with Crippen LogP contribution in [-0.2, 0) is 9.59 Å². The van der Waals surface area contributed by atoms with Gasteiger partial charge >= 0.3 is 5.97 Å². The Balaban J connectivity index is 2.22. The van der Waals surface area contributed by atoms with Gasteiger partial charge in [-0.1, -0.05) is 25.1 Å². The van der Waals surface area contributed by atoms with Crippen molar-refractivity contribution in [1.29, 1.82) is 0 Å². The van der Waals surface area contributed by atoms with Crippen LogP contribution < -0.4 is 10.2 Å². The summed E-state index contributed by atoms with van der Waals surface area (Å²) in [6, 6.07) is 7.49. The Bertz CT molecular complexity index is 537. The Morgan fingerprint density at radius 3 is 2.89 bits per heavy atom. The van der Waals surface area contributed by atoms with E-state index in [0.717, 1.165) is 11.4 Å². The first kappa shape index (κ1) is 13.1. The minimum absolute atomic E-state index is 0.0829. The van der Waals surface area contributed by atoms with E-state index in [1.807, 2.05) is 29.2 Å². The number of fused-ring (bicyclic) bond motifs is 1. The molecule has 0 spiro atoms. The summed E-state index contributed by atoms with van der Waals surface area (Å²) in [5.41, 5.74) is 2.04. The van der Waals surface area contributed by atoms with Crippen LogP contribution in [0.1, 0.15) is 13.3 Å². The monoisotopic (exact) mass is 260 g/mol. The van der Waals surface area contributed by atoms with Crippen molar-refractivity contribution in [2.75, 3.05) is 23.3 Å². The van der Waals surface area contributed by atoms with E-state index in [1.54, 1.807) is 13.0 Å². The van der Waals surface area contributed by atoms with Gasteiger partial charge in [0.2, 0.25) is 5.91 Å². The second-order valence-corrected chi connectivity index (χ2v) is 4.33. The first-order valence-corrected chi connectivity index (χ1v) is 6.18. The Morgan fingerprint density at radius 2 is 2.21 bits per heavy atom. The summed E-state index contributed by atoms with van der Waals surface area (Å²) >= 11 is 0. The maximum Gasteiger partial charge on any atom is 0.331 e. The molecule has 0 atom stereocenters. The predicted octanol–water partition coefficient (Wildman–Crippen LogP) is 1.87. The number of carboxylic acids is 1. The average Bonchev–Trinajstić information content (AvgIpc) is 2.38. The zero-order chi connectivity index (χ0) is 13.8. The lowest BCUT2D eigenvalue weighted by Gasteiger charge is -2.30. The predicted molar refractivity (Wildman–Crippen MR) is 73.3 cm³/mol. The Kier molecular flexibility index (Phi) is 3.85. The van der Waals surface area contributed by atoms with Crippen molar-refractivity contribution in [1.82, 2.24) is 0 Å². The van der Waals surface area contributed by atoms with Crippen molar-refractivity contribution in [2.45, 2.75) is 13.3 Å². The van der Waals surface area contributed by atoms with Crippen molar-refractivity contribution in [3.63, 3.8) is 0 Å². The van der Waals surface area contributed by atoms with Gasteiger partial charge in [-0.05, 0) is 18.6 Å². The lowest BCUT2D eigenvalue weighted by Crippen LogP contribution is -2.38. The maximum absolute atomic E-state index is 11.6. The van der Waals surface area contributed by atoms with Crippen LogP contribution in [0.3, 0.4) is 0 Å². The molecule has 0 fully saturated rings. The van der Waals surface area contributed by atoms with E-state index in [1.165, 1.54) is 0 Å². The summed E-state index contributed by atoms with van der Waals surface area (Å²) in [5.74, 6) is -0.988. The van der Waals surface area contributed by atoms with Crippen LogP contribution >= 0.6 is 0 Å². The molecule has 0 saturated heterocycles. The standard InChI is InChI=1S/C14H16N2O3/c1-2-10(14(18)19)7-8-16-9-13(17)15-11-5-3-4-6-12(11)16/h3-7H,2,8-9H2,1H3,(H,15,17)(H,18,19). The van der Waals surface area contributed by atoms with E-state index in [-0.39, 0.29) is 12.5 Å². The van der Waals surface area contributed by atoms with Gasteiger partial charge in [0, 0.05) is 12.1 Å². The van der Waals surface area contributed by atoms with E-state index in [2.05, 4.69) is 5.32 Å². The van der Waals surface area contributed by atoms with Crippen LogP contribution in [0.4, 0.5) is 11.4 Å². The first-order chi connectivity index (χ1) is 9.11. The highest BCUT2D eigenvalue weighted by molar-refractivity contribution is 6.01. The smallest absolute Gasteiger partial charge is 0.331 e. The zero-order valence-electron chi connectivity index (χ0n) is 10.7. The topological polar surface area (TPSA) is 69.6 Å².